The van der Waals surface area contributed by atoms with E-state index in [2.05, 4.69) is 25.4 Å². The summed E-state index contributed by atoms with van der Waals surface area (Å²) in [6.45, 7) is 1.37. The Labute approximate surface area is 132 Å². The van der Waals surface area contributed by atoms with Gasteiger partial charge in [0, 0.05) is 31.2 Å². The zero-order valence-electron chi connectivity index (χ0n) is 12.3. The molecule has 23 heavy (non-hydrogen) atoms. The molecule has 1 fully saturated rings. The van der Waals surface area contributed by atoms with Crippen molar-refractivity contribution in [1.82, 2.24) is 19.6 Å². The minimum absolute atomic E-state index is 0.0784. The Hall–Kier alpha value is -2.96. The molecule has 1 aromatic carbocycles. The van der Waals surface area contributed by atoms with Gasteiger partial charge in [-0.05, 0) is 18.1 Å². The van der Waals surface area contributed by atoms with E-state index < -0.39 is 5.41 Å². The molecule has 0 saturated carbocycles. The number of hydrogen-bond donors (Lipinski definition) is 1. The second-order valence-electron chi connectivity index (χ2n) is 6.07. The molecule has 114 valence electrons. The molecule has 4 heterocycles. The number of anilines is 2. The Bertz CT molecular complexity index is 935. The normalized spacial score (nSPS) is 22.8. The van der Waals surface area contributed by atoms with Crippen molar-refractivity contribution in [3.05, 3.63) is 48.5 Å². The van der Waals surface area contributed by atoms with Gasteiger partial charge in [0.25, 0.3) is 0 Å². The van der Waals surface area contributed by atoms with Crippen LogP contribution in [-0.2, 0) is 10.2 Å². The Morgan fingerprint density at radius 3 is 3.13 bits per heavy atom. The Morgan fingerprint density at radius 1 is 1.26 bits per heavy atom. The number of aromatic nitrogens is 4. The predicted molar refractivity (Wildman–Crippen MR) is 84.4 cm³/mol. The summed E-state index contributed by atoms with van der Waals surface area (Å²) in [5.41, 5.74) is 2.23. The number of amides is 1. The lowest BCUT2D eigenvalue weighted by atomic mass is 9.81. The van der Waals surface area contributed by atoms with Gasteiger partial charge in [-0.25, -0.2) is 4.98 Å². The van der Waals surface area contributed by atoms with Crippen LogP contribution in [-0.4, -0.2) is 38.6 Å². The first-order valence-electron chi connectivity index (χ1n) is 7.58. The first-order valence-corrected chi connectivity index (χ1v) is 7.58. The van der Waals surface area contributed by atoms with E-state index in [1.165, 1.54) is 0 Å². The van der Waals surface area contributed by atoms with Crippen molar-refractivity contribution in [3.63, 3.8) is 0 Å². The van der Waals surface area contributed by atoms with Crippen LogP contribution in [0.4, 0.5) is 11.5 Å². The maximum atomic E-state index is 12.7. The molecule has 0 radical (unpaired) electrons. The SMILES string of the molecule is O=C1Nc2ccccc2C12CCN(c1nccn3cnnc13)C2. The van der Waals surface area contributed by atoms with Crippen molar-refractivity contribution in [1.29, 1.82) is 0 Å². The molecular weight excluding hydrogens is 292 g/mol. The van der Waals surface area contributed by atoms with Gasteiger partial charge < -0.3 is 10.2 Å². The van der Waals surface area contributed by atoms with Crippen molar-refractivity contribution in [2.24, 2.45) is 0 Å². The van der Waals surface area contributed by atoms with Crippen molar-refractivity contribution < 1.29 is 4.79 Å². The minimum atomic E-state index is -0.495. The maximum Gasteiger partial charge on any atom is 0.236 e. The smallest absolute Gasteiger partial charge is 0.236 e. The van der Waals surface area contributed by atoms with Crippen LogP contribution < -0.4 is 10.2 Å². The highest BCUT2D eigenvalue weighted by Gasteiger charge is 2.51. The molecule has 2 aliphatic heterocycles. The highest BCUT2D eigenvalue weighted by atomic mass is 16.2. The number of para-hydroxylation sites is 1. The first kappa shape index (κ1) is 12.6. The summed E-state index contributed by atoms with van der Waals surface area (Å²) >= 11 is 0. The molecule has 2 aromatic heterocycles. The number of carbonyl (C=O) groups excluding carboxylic acids is 1. The second kappa shape index (κ2) is 4.28. The van der Waals surface area contributed by atoms with Crippen LogP contribution in [0.3, 0.4) is 0 Å². The highest BCUT2D eigenvalue weighted by Crippen LogP contribution is 2.45. The lowest BCUT2D eigenvalue weighted by Gasteiger charge is -2.23. The molecule has 2 aliphatic rings. The minimum Gasteiger partial charge on any atom is -0.352 e. The van der Waals surface area contributed by atoms with E-state index in [0.717, 1.165) is 35.7 Å². The Balaban J connectivity index is 1.59. The average Bonchev–Trinajstić information content (AvgIpc) is 3.28. The lowest BCUT2D eigenvalue weighted by molar-refractivity contribution is -0.120. The molecule has 1 spiro atoms. The van der Waals surface area contributed by atoms with Gasteiger partial charge in [0.1, 0.15) is 6.33 Å². The Kier molecular flexibility index (Phi) is 2.34. The van der Waals surface area contributed by atoms with E-state index >= 15 is 0 Å². The van der Waals surface area contributed by atoms with Crippen molar-refractivity contribution in [3.8, 4) is 0 Å². The molecule has 7 heteroatoms. The molecule has 1 saturated heterocycles. The van der Waals surface area contributed by atoms with Gasteiger partial charge in [0.05, 0.1) is 5.41 Å². The standard InChI is InChI=1S/C16H14N6O/c23-15-16(11-3-1-2-4-12(11)19-15)5-7-21(9-16)13-14-20-18-10-22(14)8-6-17-13/h1-4,6,8,10H,5,7,9H2,(H,19,23). The summed E-state index contributed by atoms with van der Waals surface area (Å²) in [6, 6.07) is 7.94. The molecule has 7 nitrogen and oxygen atoms in total. The van der Waals surface area contributed by atoms with Gasteiger partial charge in [-0.2, -0.15) is 0 Å². The summed E-state index contributed by atoms with van der Waals surface area (Å²) in [5, 5.41) is 11.1. The van der Waals surface area contributed by atoms with Crippen molar-refractivity contribution in [2.75, 3.05) is 23.3 Å². The number of nitrogens with zero attached hydrogens (tertiary/aromatic N) is 5. The zero-order valence-corrected chi connectivity index (χ0v) is 12.3. The molecule has 0 bridgehead atoms. The monoisotopic (exact) mass is 306 g/mol. The summed E-state index contributed by atoms with van der Waals surface area (Å²) in [5.74, 6) is 0.855. The van der Waals surface area contributed by atoms with Crippen molar-refractivity contribution >= 4 is 23.1 Å². The predicted octanol–water partition coefficient (Wildman–Crippen LogP) is 1.22. The van der Waals surface area contributed by atoms with Crippen LogP contribution in [0.5, 0.6) is 0 Å². The summed E-state index contributed by atoms with van der Waals surface area (Å²) in [6.07, 6.45) is 5.98. The van der Waals surface area contributed by atoms with E-state index in [9.17, 15) is 4.79 Å². The second-order valence-corrected chi connectivity index (χ2v) is 6.07. The van der Waals surface area contributed by atoms with Crippen LogP contribution >= 0.6 is 0 Å². The van der Waals surface area contributed by atoms with Gasteiger partial charge >= 0.3 is 0 Å². The zero-order chi connectivity index (χ0) is 15.4. The van der Waals surface area contributed by atoms with Gasteiger partial charge in [-0.15, -0.1) is 10.2 Å². The number of fused-ring (bicyclic) bond motifs is 3. The van der Waals surface area contributed by atoms with Crippen LogP contribution in [0.2, 0.25) is 0 Å². The fourth-order valence-corrected chi connectivity index (χ4v) is 3.74. The molecule has 1 atom stereocenters. The van der Waals surface area contributed by atoms with E-state index in [-0.39, 0.29) is 5.91 Å². The van der Waals surface area contributed by atoms with E-state index in [0.29, 0.717) is 6.54 Å². The number of benzene rings is 1. The van der Waals surface area contributed by atoms with E-state index in [1.807, 2.05) is 34.9 Å². The van der Waals surface area contributed by atoms with Crippen LogP contribution in [0.25, 0.3) is 5.65 Å². The fraction of sp³-hybridized carbons (Fsp3) is 0.250. The van der Waals surface area contributed by atoms with E-state index in [1.54, 1.807) is 12.5 Å². The van der Waals surface area contributed by atoms with Crippen molar-refractivity contribution in [2.45, 2.75) is 11.8 Å². The summed E-state index contributed by atoms with van der Waals surface area (Å²) in [7, 11) is 0. The summed E-state index contributed by atoms with van der Waals surface area (Å²) < 4.78 is 1.84. The van der Waals surface area contributed by atoms with Crippen LogP contribution in [0, 0.1) is 0 Å². The van der Waals surface area contributed by atoms with E-state index in [4.69, 9.17) is 0 Å². The van der Waals surface area contributed by atoms with Gasteiger partial charge in [0.15, 0.2) is 5.82 Å². The largest absolute Gasteiger partial charge is 0.352 e. The Morgan fingerprint density at radius 2 is 2.17 bits per heavy atom. The van der Waals surface area contributed by atoms with Gasteiger partial charge in [0.2, 0.25) is 11.6 Å². The molecule has 3 aromatic rings. The third-order valence-electron chi connectivity index (χ3n) is 4.89. The molecule has 1 N–H and O–H groups in total. The van der Waals surface area contributed by atoms with Crippen LogP contribution in [0.15, 0.2) is 43.0 Å². The average molecular weight is 306 g/mol. The quantitative estimate of drug-likeness (QED) is 0.732. The number of nitrogens with one attached hydrogen (secondary N) is 1. The summed E-state index contributed by atoms with van der Waals surface area (Å²) in [4.78, 5) is 19.3. The highest BCUT2D eigenvalue weighted by molar-refractivity contribution is 6.07. The fourth-order valence-electron chi connectivity index (χ4n) is 3.74. The number of carbonyl (C=O) groups is 1. The number of hydrogen-bond acceptors (Lipinski definition) is 5. The molecule has 5 rings (SSSR count). The topological polar surface area (TPSA) is 75.4 Å². The third-order valence-corrected chi connectivity index (χ3v) is 4.89. The maximum absolute atomic E-state index is 12.7. The lowest BCUT2D eigenvalue weighted by Crippen LogP contribution is -2.37. The molecule has 0 aliphatic carbocycles. The number of rotatable bonds is 1. The molecule has 1 unspecified atom stereocenters. The molecular formula is C16H14N6O. The van der Waals surface area contributed by atoms with Gasteiger partial charge in [-0.3, -0.25) is 9.20 Å². The third kappa shape index (κ3) is 1.59. The first-order chi connectivity index (χ1) is 11.3. The molecule has 1 amide bonds. The van der Waals surface area contributed by atoms with Crippen LogP contribution in [0.1, 0.15) is 12.0 Å². The van der Waals surface area contributed by atoms with Gasteiger partial charge in [-0.1, -0.05) is 18.2 Å².